The molecule has 3 rings (SSSR count). The molecule has 11 nitrogen and oxygen atoms in total. The number of nitro groups is 2. The summed E-state index contributed by atoms with van der Waals surface area (Å²) < 4.78 is 5.67. The number of halogens is 1. The Labute approximate surface area is 206 Å². The zero-order valence-corrected chi connectivity index (χ0v) is 19.6. The number of carbonyl (C=O) groups excluding carboxylic acids is 2. The van der Waals surface area contributed by atoms with E-state index in [-0.39, 0.29) is 28.3 Å². The van der Waals surface area contributed by atoms with Crippen molar-refractivity contribution < 1.29 is 24.2 Å². The van der Waals surface area contributed by atoms with Crippen molar-refractivity contribution in [3.63, 3.8) is 0 Å². The molecule has 0 aliphatic carbocycles. The lowest BCUT2D eigenvalue weighted by atomic mass is 10.1. The fraction of sp³-hybridized carbons (Fsp3) is 0.0435. The van der Waals surface area contributed by atoms with Gasteiger partial charge in [-0.1, -0.05) is 6.07 Å². The predicted octanol–water partition coefficient (Wildman–Crippen LogP) is 4.68. The van der Waals surface area contributed by atoms with Gasteiger partial charge in [0.2, 0.25) is 0 Å². The average molecular weight is 541 g/mol. The van der Waals surface area contributed by atoms with Gasteiger partial charge in [0.25, 0.3) is 23.2 Å². The Bertz CT molecular complexity index is 1340. The maximum atomic E-state index is 13.0. The van der Waals surface area contributed by atoms with E-state index in [2.05, 4.69) is 26.6 Å². The molecule has 3 aromatic rings. The summed E-state index contributed by atoms with van der Waals surface area (Å²) in [5.41, 5.74) is 0.196. The van der Waals surface area contributed by atoms with Crippen LogP contribution >= 0.6 is 15.9 Å². The quantitative estimate of drug-likeness (QED) is 0.238. The van der Waals surface area contributed by atoms with Gasteiger partial charge in [-0.3, -0.25) is 29.8 Å². The van der Waals surface area contributed by atoms with Crippen LogP contribution in [-0.4, -0.2) is 28.8 Å². The number of anilines is 1. The second kappa shape index (κ2) is 11.0. The molecular formula is C23H17BrN4O7. The van der Waals surface area contributed by atoms with Gasteiger partial charge in [0.15, 0.2) is 0 Å². The normalized spacial score (nSPS) is 10.9. The Morgan fingerprint density at radius 3 is 2.23 bits per heavy atom. The Balaban J connectivity index is 1.93. The first-order valence-electron chi connectivity index (χ1n) is 9.85. The molecule has 2 N–H and O–H groups in total. The molecule has 0 radical (unpaired) electrons. The van der Waals surface area contributed by atoms with Crippen molar-refractivity contribution in [2.75, 3.05) is 12.4 Å². The fourth-order valence-electron chi connectivity index (χ4n) is 2.92. The molecule has 0 bridgehead atoms. The van der Waals surface area contributed by atoms with Crippen molar-refractivity contribution >= 4 is 50.9 Å². The monoisotopic (exact) mass is 540 g/mol. The molecule has 2 amide bonds. The largest absolute Gasteiger partial charge is 0.496 e. The van der Waals surface area contributed by atoms with E-state index in [9.17, 15) is 29.8 Å². The van der Waals surface area contributed by atoms with Crippen molar-refractivity contribution in [3.8, 4) is 5.75 Å². The molecule has 0 unspecified atom stereocenters. The van der Waals surface area contributed by atoms with Gasteiger partial charge in [0, 0.05) is 35.5 Å². The molecule has 35 heavy (non-hydrogen) atoms. The molecule has 0 aliphatic rings. The van der Waals surface area contributed by atoms with E-state index < -0.39 is 21.7 Å². The maximum absolute atomic E-state index is 13.0. The van der Waals surface area contributed by atoms with E-state index in [0.717, 1.165) is 0 Å². The lowest BCUT2D eigenvalue weighted by Gasteiger charge is -2.12. The highest BCUT2D eigenvalue weighted by molar-refractivity contribution is 9.10. The summed E-state index contributed by atoms with van der Waals surface area (Å²) in [6, 6.07) is 15.2. The summed E-state index contributed by atoms with van der Waals surface area (Å²) >= 11 is 3.30. The topological polar surface area (TPSA) is 154 Å². The van der Waals surface area contributed by atoms with Crippen LogP contribution in [0.5, 0.6) is 5.75 Å². The number of hydrogen-bond acceptors (Lipinski definition) is 7. The Morgan fingerprint density at radius 2 is 1.63 bits per heavy atom. The summed E-state index contributed by atoms with van der Waals surface area (Å²) in [6.07, 6.45) is 1.33. The molecule has 0 saturated carbocycles. The lowest BCUT2D eigenvalue weighted by molar-refractivity contribution is -0.385. The van der Waals surface area contributed by atoms with Crippen molar-refractivity contribution in [2.45, 2.75) is 0 Å². The van der Waals surface area contributed by atoms with Crippen LogP contribution in [0.25, 0.3) is 6.08 Å². The highest BCUT2D eigenvalue weighted by atomic mass is 79.9. The van der Waals surface area contributed by atoms with Gasteiger partial charge in [0.05, 0.1) is 21.4 Å². The van der Waals surface area contributed by atoms with Crippen LogP contribution in [0.15, 0.2) is 76.9 Å². The SMILES string of the molecule is COc1ccc(C(=O)N/C(=C\c2ccc([N+](=O)[O-])cc2)C(=O)Nc2cccc([N+](=O)[O-])c2)cc1Br. The molecule has 0 heterocycles. The molecule has 0 saturated heterocycles. The van der Waals surface area contributed by atoms with Gasteiger partial charge in [-0.25, -0.2) is 0 Å². The summed E-state index contributed by atoms with van der Waals surface area (Å²) in [7, 11) is 1.48. The van der Waals surface area contributed by atoms with E-state index in [4.69, 9.17) is 4.74 Å². The molecule has 0 aliphatic heterocycles. The molecule has 0 atom stereocenters. The molecule has 0 fully saturated rings. The molecule has 12 heteroatoms. The molecular weight excluding hydrogens is 524 g/mol. The predicted molar refractivity (Wildman–Crippen MR) is 131 cm³/mol. The number of benzene rings is 3. The molecule has 3 aromatic carbocycles. The second-order valence-electron chi connectivity index (χ2n) is 6.97. The Morgan fingerprint density at radius 1 is 0.943 bits per heavy atom. The number of nitrogens with one attached hydrogen (secondary N) is 2. The molecule has 0 aromatic heterocycles. The van der Waals surface area contributed by atoms with Gasteiger partial charge in [-0.2, -0.15) is 0 Å². The zero-order valence-electron chi connectivity index (χ0n) is 18.1. The number of nitrogens with zero attached hydrogens (tertiary/aromatic N) is 2. The van der Waals surface area contributed by atoms with Crippen LogP contribution in [-0.2, 0) is 4.79 Å². The van der Waals surface area contributed by atoms with Crippen molar-refractivity contribution in [2.24, 2.45) is 0 Å². The summed E-state index contributed by atoms with van der Waals surface area (Å²) in [4.78, 5) is 46.6. The van der Waals surface area contributed by atoms with Crippen LogP contribution in [0.1, 0.15) is 15.9 Å². The number of carbonyl (C=O) groups is 2. The van der Waals surface area contributed by atoms with Crippen molar-refractivity contribution in [1.82, 2.24) is 5.32 Å². The second-order valence-corrected chi connectivity index (χ2v) is 7.83. The lowest BCUT2D eigenvalue weighted by Crippen LogP contribution is -2.30. The fourth-order valence-corrected chi connectivity index (χ4v) is 3.46. The van der Waals surface area contributed by atoms with Gasteiger partial charge >= 0.3 is 0 Å². The van der Waals surface area contributed by atoms with Crippen LogP contribution < -0.4 is 15.4 Å². The van der Waals surface area contributed by atoms with Crippen molar-refractivity contribution in [1.29, 1.82) is 0 Å². The highest BCUT2D eigenvalue weighted by Crippen LogP contribution is 2.26. The Kier molecular flexibility index (Phi) is 7.89. The maximum Gasteiger partial charge on any atom is 0.272 e. The first-order valence-corrected chi connectivity index (χ1v) is 10.6. The standard InChI is InChI=1S/C23H17BrN4O7/c1-35-21-10-7-15(12-19(21)24)22(29)26-20(11-14-5-8-17(9-6-14)27(31)32)23(30)25-16-3-2-4-18(13-16)28(33)34/h2-13H,1H3,(H,25,30)(H,26,29)/b20-11-. The summed E-state index contributed by atoms with van der Waals surface area (Å²) in [5, 5.41) is 27.0. The third-order valence-corrected chi connectivity index (χ3v) is 5.26. The van der Waals surface area contributed by atoms with E-state index >= 15 is 0 Å². The van der Waals surface area contributed by atoms with Gasteiger partial charge in [-0.15, -0.1) is 0 Å². The number of non-ortho nitro benzene ring substituents is 2. The van der Waals surface area contributed by atoms with Gasteiger partial charge in [0.1, 0.15) is 11.4 Å². The van der Waals surface area contributed by atoms with Crippen LogP contribution in [0.2, 0.25) is 0 Å². The van der Waals surface area contributed by atoms with E-state index in [1.54, 1.807) is 6.07 Å². The van der Waals surface area contributed by atoms with E-state index in [0.29, 0.717) is 15.8 Å². The Hall–Kier alpha value is -4.58. The number of rotatable bonds is 8. The molecule has 178 valence electrons. The summed E-state index contributed by atoms with van der Waals surface area (Å²) in [5.74, 6) is -0.868. The van der Waals surface area contributed by atoms with Crippen LogP contribution in [0.4, 0.5) is 17.1 Å². The number of ether oxygens (including phenoxy) is 1. The summed E-state index contributed by atoms with van der Waals surface area (Å²) in [6.45, 7) is 0. The smallest absolute Gasteiger partial charge is 0.272 e. The first kappa shape index (κ1) is 25.1. The number of methoxy groups -OCH3 is 1. The third-order valence-electron chi connectivity index (χ3n) is 4.64. The molecule has 0 spiro atoms. The van der Waals surface area contributed by atoms with Gasteiger partial charge in [-0.05, 0) is 64.0 Å². The van der Waals surface area contributed by atoms with E-state index in [1.807, 2.05) is 0 Å². The average Bonchev–Trinajstić information content (AvgIpc) is 2.83. The van der Waals surface area contributed by atoms with Crippen LogP contribution in [0, 0.1) is 20.2 Å². The zero-order chi connectivity index (χ0) is 25.5. The number of amides is 2. The minimum absolute atomic E-state index is 0.139. The highest BCUT2D eigenvalue weighted by Gasteiger charge is 2.17. The number of nitro benzene ring substituents is 2. The minimum Gasteiger partial charge on any atom is -0.496 e. The first-order chi connectivity index (χ1) is 16.7. The van der Waals surface area contributed by atoms with Gasteiger partial charge < -0.3 is 15.4 Å². The van der Waals surface area contributed by atoms with Crippen molar-refractivity contribution in [3.05, 3.63) is 108 Å². The van der Waals surface area contributed by atoms with Crippen LogP contribution in [0.3, 0.4) is 0 Å². The van der Waals surface area contributed by atoms with E-state index in [1.165, 1.54) is 73.8 Å². The third kappa shape index (κ3) is 6.48. The minimum atomic E-state index is -0.759. The number of hydrogen-bond donors (Lipinski definition) is 2.